The van der Waals surface area contributed by atoms with Crippen LogP contribution < -0.4 is 0 Å². The molecule has 0 saturated carbocycles. The van der Waals surface area contributed by atoms with Gasteiger partial charge >= 0.3 is 0 Å². The third kappa shape index (κ3) is 3.16. The molecule has 0 unspecified atom stereocenters. The van der Waals surface area contributed by atoms with E-state index in [9.17, 15) is 0 Å². The van der Waals surface area contributed by atoms with Gasteiger partial charge in [0.2, 0.25) is 5.82 Å². The summed E-state index contributed by atoms with van der Waals surface area (Å²) in [4.78, 5) is 9.24. The molecule has 7 nitrogen and oxygen atoms in total. The van der Waals surface area contributed by atoms with Crippen molar-refractivity contribution < 1.29 is 0 Å². The number of hydrogen-bond acceptors (Lipinski definition) is 5. The van der Waals surface area contributed by atoms with Gasteiger partial charge < -0.3 is 4.57 Å². The summed E-state index contributed by atoms with van der Waals surface area (Å²) in [5, 5.41) is 14.4. The zero-order valence-corrected chi connectivity index (χ0v) is 15.9. The van der Waals surface area contributed by atoms with Gasteiger partial charge in [0.15, 0.2) is 5.65 Å². The molecule has 0 spiro atoms. The number of rotatable bonds is 5. The lowest BCUT2D eigenvalue weighted by atomic mass is 9.98. The van der Waals surface area contributed by atoms with Crippen molar-refractivity contribution in [2.75, 3.05) is 0 Å². The molecule has 3 heterocycles. The lowest BCUT2D eigenvalue weighted by Crippen LogP contribution is -2.05. The van der Waals surface area contributed by atoms with Crippen molar-refractivity contribution in [3.05, 3.63) is 78.2 Å². The van der Waals surface area contributed by atoms with E-state index in [-0.39, 0.29) is 0 Å². The molecule has 0 saturated heterocycles. The van der Waals surface area contributed by atoms with Gasteiger partial charge in [-0.25, -0.2) is 9.97 Å². The lowest BCUT2D eigenvalue weighted by molar-refractivity contribution is 0.746. The first-order chi connectivity index (χ1) is 14.3. The van der Waals surface area contributed by atoms with Crippen molar-refractivity contribution in [1.82, 2.24) is 35.2 Å². The molecular formula is C22H19N7. The van der Waals surface area contributed by atoms with Crippen LogP contribution >= 0.6 is 0 Å². The summed E-state index contributed by atoms with van der Waals surface area (Å²) >= 11 is 0. The van der Waals surface area contributed by atoms with Crippen molar-refractivity contribution in [2.45, 2.75) is 19.9 Å². The molecule has 5 aromatic rings. The summed E-state index contributed by atoms with van der Waals surface area (Å²) in [5.74, 6) is 1.64. The standard InChI is InChI=1S/C22H19N7/c1-2-20-24-19-8-5-13-23-22(19)29(20)14-15-9-11-16(12-10-15)17-6-3-4-7-18(17)21-25-27-28-26-21/h3-13H,2,14H2,1H3,(H,25,26,27,28). The number of nitrogens with zero attached hydrogens (tertiary/aromatic N) is 6. The van der Waals surface area contributed by atoms with Crippen LogP contribution in [-0.4, -0.2) is 35.2 Å². The summed E-state index contributed by atoms with van der Waals surface area (Å²) in [5.41, 5.74) is 6.20. The molecule has 5 rings (SSSR count). The molecule has 0 aliphatic rings. The molecule has 0 aliphatic carbocycles. The second kappa shape index (κ2) is 7.27. The van der Waals surface area contributed by atoms with Gasteiger partial charge in [-0.3, -0.25) is 0 Å². The van der Waals surface area contributed by atoms with E-state index >= 15 is 0 Å². The number of hydrogen-bond donors (Lipinski definition) is 1. The third-order valence-corrected chi connectivity index (χ3v) is 5.02. The molecule has 0 amide bonds. The first-order valence-electron chi connectivity index (χ1n) is 9.56. The highest BCUT2D eigenvalue weighted by molar-refractivity contribution is 5.80. The molecule has 142 valence electrons. The van der Waals surface area contributed by atoms with Crippen LogP contribution in [-0.2, 0) is 13.0 Å². The number of H-pyrrole nitrogens is 1. The van der Waals surface area contributed by atoms with E-state index in [2.05, 4.69) is 67.4 Å². The molecule has 0 bridgehead atoms. The van der Waals surface area contributed by atoms with Gasteiger partial charge in [0.1, 0.15) is 11.3 Å². The van der Waals surface area contributed by atoms with Crippen molar-refractivity contribution in [3.8, 4) is 22.5 Å². The second-order valence-corrected chi connectivity index (χ2v) is 6.79. The van der Waals surface area contributed by atoms with Gasteiger partial charge in [-0.1, -0.05) is 55.5 Å². The Bertz CT molecular complexity index is 1250. The number of tetrazole rings is 1. The van der Waals surface area contributed by atoms with Crippen LogP contribution in [0.15, 0.2) is 66.9 Å². The third-order valence-electron chi connectivity index (χ3n) is 5.02. The van der Waals surface area contributed by atoms with E-state index in [1.54, 1.807) is 0 Å². The van der Waals surface area contributed by atoms with E-state index in [0.717, 1.165) is 46.6 Å². The number of fused-ring (bicyclic) bond motifs is 1. The summed E-state index contributed by atoms with van der Waals surface area (Å²) < 4.78 is 2.19. The molecular weight excluding hydrogens is 362 g/mol. The maximum atomic E-state index is 4.71. The van der Waals surface area contributed by atoms with Gasteiger partial charge in [-0.05, 0) is 34.0 Å². The fraction of sp³-hybridized carbons (Fsp3) is 0.136. The van der Waals surface area contributed by atoms with Crippen LogP contribution in [0.25, 0.3) is 33.7 Å². The van der Waals surface area contributed by atoms with E-state index in [0.29, 0.717) is 5.82 Å². The first-order valence-corrected chi connectivity index (χ1v) is 9.56. The van der Waals surface area contributed by atoms with Gasteiger partial charge in [0.25, 0.3) is 0 Å². The fourth-order valence-corrected chi connectivity index (χ4v) is 3.62. The number of aromatic amines is 1. The van der Waals surface area contributed by atoms with Crippen LogP contribution in [0.1, 0.15) is 18.3 Å². The van der Waals surface area contributed by atoms with Gasteiger partial charge in [0.05, 0.1) is 6.54 Å². The van der Waals surface area contributed by atoms with Crippen LogP contribution in [0.2, 0.25) is 0 Å². The summed E-state index contributed by atoms with van der Waals surface area (Å²) in [6, 6.07) is 20.6. The van der Waals surface area contributed by atoms with Crippen LogP contribution in [0.4, 0.5) is 0 Å². The maximum Gasteiger partial charge on any atom is 0.205 e. The predicted molar refractivity (Wildman–Crippen MR) is 111 cm³/mol. The number of benzene rings is 2. The Kier molecular flexibility index (Phi) is 4.32. The molecule has 0 radical (unpaired) electrons. The topological polar surface area (TPSA) is 85.2 Å². The van der Waals surface area contributed by atoms with E-state index in [4.69, 9.17) is 4.98 Å². The van der Waals surface area contributed by atoms with Gasteiger partial charge in [-0.2, -0.15) is 5.21 Å². The number of aryl methyl sites for hydroxylation is 1. The van der Waals surface area contributed by atoms with Gasteiger partial charge in [0, 0.05) is 18.2 Å². The highest BCUT2D eigenvalue weighted by Crippen LogP contribution is 2.30. The highest BCUT2D eigenvalue weighted by Gasteiger charge is 2.12. The number of pyridine rings is 1. The van der Waals surface area contributed by atoms with E-state index < -0.39 is 0 Å². The smallest absolute Gasteiger partial charge is 0.205 e. The van der Waals surface area contributed by atoms with Gasteiger partial charge in [-0.15, -0.1) is 10.2 Å². The molecule has 3 aromatic heterocycles. The Labute approximate surface area is 167 Å². The second-order valence-electron chi connectivity index (χ2n) is 6.79. The minimum Gasteiger partial charge on any atom is -0.308 e. The molecule has 0 aliphatic heterocycles. The molecule has 0 atom stereocenters. The van der Waals surface area contributed by atoms with Crippen molar-refractivity contribution in [2.24, 2.45) is 0 Å². The van der Waals surface area contributed by atoms with Crippen molar-refractivity contribution >= 4 is 11.2 Å². The van der Waals surface area contributed by atoms with Crippen LogP contribution in [0.5, 0.6) is 0 Å². The SMILES string of the molecule is CCc1nc2cccnc2n1Cc1ccc(-c2ccccc2-c2nn[nH]n2)cc1. The first kappa shape index (κ1) is 17.2. The maximum absolute atomic E-state index is 4.71. The lowest BCUT2D eigenvalue weighted by Gasteiger charge is -2.10. The Morgan fingerprint density at radius 3 is 2.52 bits per heavy atom. The molecule has 29 heavy (non-hydrogen) atoms. The molecule has 1 N–H and O–H groups in total. The summed E-state index contributed by atoms with van der Waals surface area (Å²) in [6.45, 7) is 2.86. The zero-order chi connectivity index (χ0) is 19.6. The van der Waals surface area contributed by atoms with Crippen LogP contribution in [0, 0.1) is 0 Å². The summed E-state index contributed by atoms with van der Waals surface area (Å²) in [6.07, 6.45) is 2.68. The average Bonchev–Trinajstić information content (AvgIpc) is 3.43. The Hall–Kier alpha value is -3.87. The van der Waals surface area contributed by atoms with Crippen molar-refractivity contribution in [3.63, 3.8) is 0 Å². The molecule has 2 aromatic carbocycles. The fourth-order valence-electron chi connectivity index (χ4n) is 3.62. The number of nitrogens with one attached hydrogen (secondary N) is 1. The average molecular weight is 381 g/mol. The van der Waals surface area contributed by atoms with E-state index in [1.165, 1.54) is 5.56 Å². The minimum atomic E-state index is 0.591. The zero-order valence-electron chi connectivity index (χ0n) is 15.9. The number of imidazole rings is 1. The summed E-state index contributed by atoms with van der Waals surface area (Å²) in [7, 11) is 0. The molecule has 0 fully saturated rings. The monoisotopic (exact) mass is 381 g/mol. The highest BCUT2D eigenvalue weighted by atomic mass is 15.5. The minimum absolute atomic E-state index is 0.591. The Balaban J connectivity index is 1.49. The normalized spacial score (nSPS) is 11.2. The largest absolute Gasteiger partial charge is 0.308 e. The Morgan fingerprint density at radius 2 is 1.76 bits per heavy atom. The number of aromatic nitrogens is 7. The van der Waals surface area contributed by atoms with Crippen LogP contribution in [0.3, 0.4) is 0 Å². The molecule has 7 heteroatoms. The predicted octanol–water partition coefficient (Wildman–Crippen LogP) is 3.89. The van der Waals surface area contributed by atoms with Crippen molar-refractivity contribution in [1.29, 1.82) is 0 Å². The quantitative estimate of drug-likeness (QED) is 0.499. The van der Waals surface area contributed by atoms with E-state index in [1.807, 2.05) is 36.5 Å². The Morgan fingerprint density at radius 1 is 0.931 bits per heavy atom.